The van der Waals surface area contributed by atoms with Crippen molar-refractivity contribution in [3.05, 3.63) is 114 Å². The molecule has 4 aromatic rings. The largest absolute Gasteiger partial charge is 0.454 e. The number of esters is 1. The van der Waals surface area contributed by atoms with E-state index in [2.05, 4.69) is 0 Å². The number of rotatable bonds is 6. The normalized spacial score (nSPS) is 21.9. The molecule has 0 amide bonds. The van der Waals surface area contributed by atoms with Gasteiger partial charge in [-0.15, -0.1) is 0 Å². The summed E-state index contributed by atoms with van der Waals surface area (Å²) in [5, 5.41) is 20.7. The van der Waals surface area contributed by atoms with E-state index >= 15 is 0 Å². The minimum atomic E-state index is -1.58. The Kier molecular flexibility index (Phi) is 6.12. The van der Waals surface area contributed by atoms with Crippen molar-refractivity contribution in [3.63, 3.8) is 0 Å². The number of fused-ring (bicyclic) bond motifs is 1. The molecule has 1 aliphatic carbocycles. The highest BCUT2D eigenvalue weighted by Crippen LogP contribution is 2.59. The maximum absolute atomic E-state index is 13.7. The molecule has 1 saturated carbocycles. The van der Waals surface area contributed by atoms with Crippen molar-refractivity contribution >= 4 is 5.97 Å². The molecule has 0 saturated heterocycles. The van der Waals surface area contributed by atoms with Crippen LogP contribution in [0.4, 0.5) is 0 Å². The molecule has 6 rings (SSSR count). The molecule has 2 N–H and O–H groups in total. The predicted molar refractivity (Wildman–Crippen MR) is 137 cm³/mol. The maximum Gasteiger partial charge on any atom is 0.315 e. The van der Waals surface area contributed by atoms with Crippen LogP contribution in [0.3, 0.4) is 0 Å². The molecule has 4 atom stereocenters. The molecule has 2 unspecified atom stereocenters. The highest BCUT2D eigenvalue weighted by molar-refractivity contribution is 5.80. The summed E-state index contributed by atoms with van der Waals surface area (Å²) in [6.45, 7) is 0.201. The Morgan fingerprint density at radius 2 is 1.35 bits per heavy atom. The number of ether oxygens (including phenoxy) is 3. The maximum atomic E-state index is 13.7. The molecule has 4 aromatic carbocycles. The molecule has 6 heteroatoms. The molecule has 0 radical (unpaired) electrons. The molecule has 6 nitrogen and oxygen atoms in total. The van der Waals surface area contributed by atoms with E-state index in [4.69, 9.17) is 14.2 Å². The van der Waals surface area contributed by atoms with Crippen molar-refractivity contribution < 1.29 is 29.2 Å². The van der Waals surface area contributed by atoms with Gasteiger partial charge in [0.2, 0.25) is 6.79 Å². The summed E-state index contributed by atoms with van der Waals surface area (Å²) in [6, 6.07) is 32.1. The number of hydrogen-bond donors (Lipinski definition) is 2. The number of hydrogen-bond acceptors (Lipinski definition) is 6. The van der Waals surface area contributed by atoms with Gasteiger partial charge in [0.15, 0.2) is 17.8 Å². The van der Waals surface area contributed by atoms with Crippen LogP contribution in [-0.2, 0) is 4.79 Å². The average molecular weight is 495 g/mol. The lowest BCUT2D eigenvalue weighted by Crippen LogP contribution is -2.53. The van der Waals surface area contributed by atoms with E-state index in [1.54, 1.807) is 6.07 Å². The average Bonchev–Trinajstić information content (AvgIpc) is 3.37. The van der Waals surface area contributed by atoms with Crippen LogP contribution < -0.4 is 14.2 Å². The van der Waals surface area contributed by atoms with Gasteiger partial charge < -0.3 is 24.4 Å². The van der Waals surface area contributed by atoms with Gasteiger partial charge in [0.25, 0.3) is 0 Å². The quantitative estimate of drug-likeness (QED) is 0.220. The van der Waals surface area contributed by atoms with E-state index in [0.29, 0.717) is 17.2 Å². The van der Waals surface area contributed by atoms with Gasteiger partial charge in [-0.1, -0.05) is 78.9 Å². The molecule has 37 heavy (non-hydrogen) atoms. The minimum Gasteiger partial charge on any atom is -0.454 e. The van der Waals surface area contributed by atoms with Crippen molar-refractivity contribution in [1.29, 1.82) is 0 Å². The van der Waals surface area contributed by atoms with Crippen LogP contribution in [0.2, 0.25) is 0 Å². The first-order valence-corrected chi connectivity index (χ1v) is 12.3. The van der Waals surface area contributed by atoms with Crippen LogP contribution >= 0.6 is 0 Å². The lowest BCUT2D eigenvalue weighted by atomic mass is 9.52. The minimum absolute atomic E-state index is 0.201. The predicted octanol–water partition coefficient (Wildman–Crippen LogP) is 5.11. The topological polar surface area (TPSA) is 85.2 Å². The van der Waals surface area contributed by atoms with Gasteiger partial charge >= 0.3 is 5.97 Å². The third kappa shape index (κ3) is 4.35. The third-order valence-corrected chi connectivity index (χ3v) is 7.35. The molecule has 2 aliphatic rings. The molecule has 0 bridgehead atoms. The van der Waals surface area contributed by atoms with E-state index in [1.165, 1.54) is 0 Å². The van der Waals surface area contributed by atoms with Crippen molar-refractivity contribution in [2.24, 2.45) is 11.8 Å². The molecule has 1 fully saturated rings. The number of carbonyl (C=O) groups is 1. The Balaban J connectivity index is 1.31. The Labute approximate surface area is 214 Å². The monoisotopic (exact) mass is 494 g/mol. The van der Waals surface area contributed by atoms with Crippen molar-refractivity contribution in [2.75, 3.05) is 6.79 Å². The van der Waals surface area contributed by atoms with Crippen molar-refractivity contribution in [1.82, 2.24) is 0 Å². The zero-order valence-electron chi connectivity index (χ0n) is 19.9. The zero-order valence-corrected chi connectivity index (χ0v) is 19.9. The standard InChI is InChI=1S/C31H26O6/c32-30(33)28-26(19-8-3-1-4-9-19)29(27(28)20-10-5-2-6-11-20)31(34)37-23-13-7-12-21(16-23)22-14-15-24-25(17-22)36-18-35-24/h1-17,26-30,32-33H,18H2/t26-,27?,28-,29?/m1/s1. The molecule has 186 valence electrons. The smallest absolute Gasteiger partial charge is 0.315 e. The first kappa shape index (κ1) is 23.3. The molecule has 1 heterocycles. The first-order valence-electron chi connectivity index (χ1n) is 12.3. The van der Waals surface area contributed by atoms with E-state index in [9.17, 15) is 15.0 Å². The third-order valence-electron chi connectivity index (χ3n) is 7.35. The summed E-state index contributed by atoms with van der Waals surface area (Å²) >= 11 is 0. The van der Waals surface area contributed by atoms with Gasteiger partial charge in [0.05, 0.1) is 5.92 Å². The number of carbonyl (C=O) groups excluding carboxylic acids is 1. The molecular formula is C31H26O6. The summed E-state index contributed by atoms with van der Waals surface area (Å²) in [5.74, 6) is -0.496. The summed E-state index contributed by atoms with van der Waals surface area (Å²) in [7, 11) is 0. The number of aliphatic hydroxyl groups excluding tert-OH is 1. The lowest BCUT2D eigenvalue weighted by molar-refractivity contribution is -0.168. The Hall–Kier alpha value is -4.13. The second-order valence-electron chi connectivity index (χ2n) is 9.41. The van der Waals surface area contributed by atoms with E-state index in [1.807, 2.05) is 97.1 Å². The van der Waals surface area contributed by atoms with Gasteiger partial charge in [-0.3, -0.25) is 4.79 Å². The Morgan fingerprint density at radius 1 is 0.730 bits per heavy atom. The number of aliphatic hydroxyl groups is 2. The summed E-state index contributed by atoms with van der Waals surface area (Å²) in [6.07, 6.45) is -1.58. The van der Waals surface area contributed by atoms with Gasteiger partial charge in [-0.2, -0.15) is 0 Å². The van der Waals surface area contributed by atoms with E-state index < -0.39 is 35.9 Å². The van der Waals surface area contributed by atoms with Crippen LogP contribution in [0, 0.1) is 11.8 Å². The molecule has 1 aliphatic heterocycles. The van der Waals surface area contributed by atoms with E-state index in [0.717, 1.165) is 22.3 Å². The molecule has 0 aromatic heterocycles. The highest BCUT2D eigenvalue weighted by atomic mass is 16.7. The van der Waals surface area contributed by atoms with Crippen LogP contribution in [0.15, 0.2) is 103 Å². The zero-order chi connectivity index (χ0) is 25.4. The fourth-order valence-electron chi connectivity index (χ4n) is 5.65. The summed E-state index contributed by atoms with van der Waals surface area (Å²) in [4.78, 5) is 13.7. The lowest BCUT2D eigenvalue weighted by Gasteiger charge is -2.51. The Bertz CT molecular complexity index is 1350. The fraction of sp³-hybridized carbons (Fsp3) is 0.194. The number of benzene rings is 4. The second kappa shape index (κ2) is 9.73. The fourth-order valence-corrected chi connectivity index (χ4v) is 5.65. The van der Waals surface area contributed by atoms with Crippen LogP contribution in [0.1, 0.15) is 23.0 Å². The van der Waals surface area contributed by atoms with Gasteiger partial charge in [-0.05, 0) is 46.5 Å². The van der Waals surface area contributed by atoms with Crippen molar-refractivity contribution in [3.8, 4) is 28.4 Å². The highest BCUT2D eigenvalue weighted by Gasteiger charge is 2.58. The van der Waals surface area contributed by atoms with Gasteiger partial charge in [0, 0.05) is 17.8 Å². The summed E-state index contributed by atoms with van der Waals surface area (Å²) in [5.41, 5.74) is 3.55. The Morgan fingerprint density at radius 3 is 2.00 bits per heavy atom. The second-order valence-corrected chi connectivity index (χ2v) is 9.41. The van der Waals surface area contributed by atoms with Gasteiger partial charge in [-0.25, -0.2) is 0 Å². The van der Waals surface area contributed by atoms with Gasteiger partial charge in [0.1, 0.15) is 5.75 Å². The molecular weight excluding hydrogens is 468 g/mol. The van der Waals surface area contributed by atoms with Crippen LogP contribution in [0.5, 0.6) is 17.2 Å². The van der Waals surface area contributed by atoms with Crippen molar-refractivity contribution in [2.45, 2.75) is 18.1 Å². The van der Waals surface area contributed by atoms with E-state index in [-0.39, 0.29) is 6.79 Å². The van der Waals surface area contributed by atoms with Crippen LogP contribution in [0.25, 0.3) is 11.1 Å². The van der Waals surface area contributed by atoms with Crippen LogP contribution in [-0.4, -0.2) is 29.3 Å². The SMILES string of the molecule is O=C(Oc1cccc(-c2ccc3c(c2)OCO3)c1)C1C(c2ccccc2)[C@H](C(O)O)[C@H]1c1ccccc1. The summed E-state index contributed by atoms with van der Waals surface area (Å²) < 4.78 is 16.8. The first-order chi connectivity index (χ1) is 18.1. The molecule has 0 spiro atoms.